The van der Waals surface area contributed by atoms with Crippen LogP contribution in [0.1, 0.15) is 12.5 Å². The molecular formula is C20H25FN4O. The van der Waals surface area contributed by atoms with E-state index in [2.05, 4.69) is 15.1 Å². The largest absolute Gasteiger partial charge is 0.508 e. The molecule has 1 fully saturated rings. The molecule has 0 bridgehead atoms. The molecule has 0 saturated carbocycles. The third-order valence-electron chi connectivity index (χ3n) is 4.43. The first kappa shape index (κ1) is 18.0. The van der Waals surface area contributed by atoms with Crippen molar-refractivity contribution < 1.29 is 9.50 Å². The topological polar surface area (TPSA) is 51.1 Å². The molecule has 0 spiro atoms. The highest BCUT2D eigenvalue weighted by atomic mass is 19.1. The average Bonchev–Trinajstić information content (AvgIpc) is 2.66. The molecule has 0 aromatic heterocycles. The van der Waals surface area contributed by atoms with Gasteiger partial charge in [0.15, 0.2) is 5.96 Å². The lowest BCUT2D eigenvalue weighted by Crippen LogP contribution is -2.52. The number of phenolic OH excluding ortho intramolecular Hbond substituents is 1. The molecule has 1 heterocycles. The number of nitrogens with one attached hydrogen (secondary N) is 1. The number of piperazine rings is 1. The van der Waals surface area contributed by atoms with E-state index in [4.69, 9.17) is 4.99 Å². The van der Waals surface area contributed by atoms with Crippen LogP contribution in [0.3, 0.4) is 0 Å². The second-order valence-corrected chi connectivity index (χ2v) is 6.27. The summed E-state index contributed by atoms with van der Waals surface area (Å²) in [6.07, 6.45) is 0. The molecule has 1 saturated heterocycles. The molecule has 0 atom stereocenters. The van der Waals surface area contributed by atoms with Crippen LogP contribution in [0.5, 0.6) is 5.75 Å². The Kier molecular flexibility index (Phi) is 5.94. The molecule has 0 unspecified atom stereocenters. The molecule has 0 amide bonds. The fourth-order valence-electron chi connectivity index (χ4n) is 3.11. The van der Waals surface area contributed by atoms with E-state index in [1.807, 2.05) is 31.2 Å². The summed E-state index contributed by atoms with van der Waals surface area (Å²) in [5.41, 5.74) is 1.62. The van der Waals surface area contributed by atoms with Gasteiger partial charge in [0.1, 0.15) is 11.6 Å². The zero-order valence-corrected chi connectivity index (χ0v) is 15.0. The third kappa shape index (κ3) is 4.45. The van der Waals surface area contributed by atoms with Crippen LogP contribution in [-0.4, -0.2) is 48.7 Å². The fourth-order valence-corrected chi connectivity index (χ4v) is 3.11. The summed E-state index contributed by atoms with van der Waals surface area (Å²) in [6, 6.07) is 14.1. The summed E-state index contributed by atoms with van der Waals surface area (Å²) in [7, 11) is 0. The monoisotopic (exact) mass is 356 g/mol. The first-order valence-corrected chi connectivity index (χ1v) is 8.98. The minimum absolute atomic E-state index is 0.176. The number of benzene rings is 2. The molecule has 1 aliphatic rings. The molecule has 26 heavy (non-hydrogen) atoms. The summed E-state index contributed by atoms with van der Waals surface area (Å²) in [6.45, 7) is 6.38. The first-order chi connectivity index (χ1) is 12.7. The Hall–Kier alpha value is -2.76. The number of guanidine groups is 1. The number of anilines is 1. The molecule has 5 nitrogen and oxygen atoms in total. The normalized spacial score (nSPS) is 15.2. The number of aliphatic imine (C=N–C) groups is 1. The van der Waals surface area contributed by atoms with Gasteiger partial charge in [-0.1, -0.05) is 24.3 Å². The molecule has 0 aliphatic carbocycles. The zero-order valence-electron chi connectivity index (χ0n) is 15.0. The summed E-state index contributed by atoms with van der Waals surface area (Å²) >= 11 is 0. The van der Waals surface area contributed by atoms with E-state index in [9.17, 15) is 9.50 Å². The Morgan fingerprint density at radius 3 is 2.58 bits per heavy atom. The average molecular weight is 356 g/mol. The van der Waals surface area contributed by atoms with Crippen molar-refractivity contribution in [2.45, 2.75) is 13.5 Å². The standard InChI is InChI=1S/C20H25FN4O/c1-2-22-20(23-15-16-6-5-7-17(26)14-16)25-12-10-24(11-13-25)19-9-4-3-8-18(19)21/h3-9,14,26H,2,10-13,15H2,1H3,(H,22,23). The van der Waals surface area contributed by atoms with Gasteiger partial charge in [-0.2, -0.15) is 0 Å². The summed E-state index contributed by atoms with van der Waals surface area (Å²) in [4.78, 5) is 8.96. The van der Waals surface area contributed by atoms with Crippen molar-refractivity contribution in [1.82, 2.24) is 10.2 Å². The molecule has 2 aromatic rings. The maximum atomic E-state index is 14.0. The van der Waals surface area contributed by atoms with E-state index in [1.165, 1.54) is 6.07 Å². The molecule has 3 rings (SSSR count). The predicted molar refractivity (Wildman–Crippen MR) is 103 cm³/mol. The predicted octanol–water partition coefficient (Wildman–Crippen LogP) is 2.82. The zero-order chi connectivity index (χ0) is 18.4. The molecule has 6 heteroatoms. The number of aromatic hydroxyl groups is 1. The van der Waals surface area contributed by atoms with Crippen LogP contribution < -0.4 is 10.2 Å². The molecule has 0 radical (unpaired) electrons. The van der Waals surface area contributed by atoms with Gasteiger partial charge >= 0.3 is 0 Å². The van der Waals surface area contributed by atoms with Crippen LogP contribution in [0.2, 0.25) is 0 Å². The van der Waals surface area contributed by atoms with Gasteiger partial charge < -0.3 is 20.2 Å². The molecular weight excluding hydrogens is 331 g/mol. The van der Waals surface area contributed by atoms with Crippen molar-refractivity contribution in [2.75, 3.05) is 37.6 Å². The second-order valence-electron chi connectivity index (χ2n) is 6.27. The number of hydrogen-bond acceptors (Lipinski definition) is 3. The van der Waals surface area contributed by atoms with Crippen molar-refractivity contribution in [3.63, 3.8) is 0 Å². The smallest absolute Gasteiger partial charge is 0.194 e. The van der Waals surface area contributed by atoms with E-state index in [0.717, 1.165) is 44.2 Å². The van der Waals surface area contributed by atoms with E-state index < -0.39 is 0 Å². The van der Waals surface area contributed by atoms with Crippen LogP contribution in [0.15, 0.2) is 53.5 Å². The van der Waals surface area contributed by atoms with Gasteiger partial charge in [-0.05, 0) is 36.8 Å². The minimum Gasteiger partial charge on any atom is -0.508 e. The molecule has 2 N–H and O–H groups in total. The number of halogens is 1. The number of para-hydroxylation sites is 1. The SMILES string of the molecule is CCNC(=NCc1cccc(O)c1)N1CCN(c2ccccc2F)CC1. The van der Waals surface area contributed by atoms with Gasteiger partial charge in [0.25, 0.3) is 0 Å². The molecule has 1 aliphatic heterocycles. The minimum atomic E-state index is -0.176. The van der Waals surface area contributed by atoms with Crippen LogP contribution in [0, 0.1) is 5.82 Å². The van der Waals surface area contributed by atoms with E-state index >= 15 is 0 Å². The van der Waals surface area contributed by atoms with Crippen LogP contribution in [-0.2, 0) is 6.54 Å². The highest BCUT2D eigenvalue weighted by molar-refractivity contribution is 5.80. The Labute approximate surface area is 153 Å². The number of hydrogen-bond donors (Lipinski definition) is 2. The van der Waals surface area contributed by atoms with E-state index in [0.29, 0.717) is 12.2 Å². The van der Waals surface area contributed by atoms with E-state index in [-0.39, 0.29) is 11.6 Å². The quantitative estimate of drug-likeness (QED) is 0.653. The summed E-state index contributed by atoms with van der Waals surface area (Å²) < 4.78 is 14.0. The van der Waals surface area contributed by atoms with Crippen LogP contribution in [0.25, 0.3) is 0 Å². The van der Waals surface area contributed by atoms with Gasteiger partial charge in [0.2, 0.25) is 0 Å². The Morgan fingerprint density at radius 2 is 1.88 bits per heavy atom. The second kappa shape index (κ2) is 8.56. The van der Waals surface area contributed by atoms with Crippen LogP contribution in [0.4, 0.5) is 10.1 Å². The number of rotatable bonds is 4. The highest BCUT2D eigenvalue weighted by Crippen LogP contribution is 2.20. The van der Waals surface area contributed by atoms with Gasteiger partial charge in [0.05, 0.1) is 12.2 Å². The molecule has 2 aromatic carbocycles. The van der Waals surface area contributed by atoms with Crippen molar-refractivity contribution in [2.24, 2.45) is 4.99 Å². The Morgan fingerprint density at radius 1 is 1.12 bits per heavy atom. The fraction of sp³-hybridized carbons (Fsp3) is 0.350. The van der Waals surface area contributed by atoms with Crippen molar-refractivity contribution in [1.29, 1.82) is 0 Å². The lowest BCUT2D eigenvalue weighted by atomic mass is 10.2. The van der Waals surface area contributed by atoms with Crippen LogP contribution >= 0.6 is 0 Å². The van der Waals surface area contributed by atoms with Gasteiger partial charge in [-0.15, -0.1) is 0 Å². The van der Waals surface area contributed by atoms with Gasteiger partial charge in [0, 0.05) is 32.7 Å². The van der Waals surface area contributed by atoms with Crippen molar-refractivity contribution in [3.05, 3.63) is 59.9 Å². The Balaban J connectivity index is 1.64. The third-order valence-corrected chi connectivity index (χ3v) is 4.43. The number of nitrogens with zero attached hydrogens (tertiary/aromatic N) is 3. The first-order valence-electron chi connectivity index (χ1n) is 8.98. The lowest BCUT2D eigenvalue weighted by molar-refractivity contribution is 0.370. The maximum absolute atomic E-state index is 14.0. The van der Waals surface area contributed by atoms with Crippen molar-refractivity contribution >= 4 is 11.6 Å². The lowest BCUT2D eigenvalue weighted by Gasteiger charge is -2.37. The van der Waals surface area contributed by atoms with Gasteiger partial charge in [-0.25, -0.2) is 9.38 Å². The molecule has 138 valence electrons. The maximum Gasteiger partial charge on any atom is 0.194 e. The highest BCUT2D eigenvalue weighted by Gasteiger charge is 2.21. The summed E-state index contributed by atoms with van der Waals surface area (Å²) in [5.74, 6) is 0.927. The Bertz CT molecular complexity index is 757. The summed E-state index contributed by atoms with van der Waals surface area (Å²) in [5, 5.41) is 12.9. The van der Waals surface area contributed by atoms with Gasteiger partial charge in [-0.3, -0.25) is 0 Å². The number of phenols is 1. The van der Waals surface area contributed by atoms with Crippen molar-refractivity contribution in [3.8, 4) is 5.75 Å². The van der Waals surface area contributed by atoms with E-state index in [1.54, 1.807) is 18.2 Å².